The second-order valence-electron chi connectivity index (χ2n) is 8.77. The van der Waals surface area contributed by atoms with Crippen molar-refractivity contribution in [3.63, 3.8) is 0 Å². The van der Waals surface area contributed by atoms with Crippen LogP contribution in [0.15, 0.2) is 78.2 Å². The molecule has 3 aromatic carbocycles. The van der Waals surface area contributed by atoms with Gasteiger partial charge in [0.15, 0.2) is 0 Å². The summed E-state index contributed by atoms with van der Waals surface area (Å²) in [6, 6.07) is 26.3. The second kappa shape index (κ2) is 8.19. The zero-order valence-corrected chi connectivity index (χ0v) is 18.9. The van der Waals surface area contributed by atoms with E-state index in [-0.39, 0.29) is 11.9 Å². The van der Waals surface area contributed by atoms with E-state index in [9.17, 15) is 4.79 Å². The van der Waals surface area contributed by atoms with E-state index in [1.165, 1.54) is 27.0 Å². The summed E-state index contributed by atoms with van der Waals surface area (Å²) >= 11 is 1.66. The highest BCUT2D eigenvalue weighted by molar-refractivity contribution is 7.17. The Hall–Kier alpha value is -2.95. The predicted octanol–water partition coefficient (Wildman–Crippen LogP) is 5.55. The van der Waals surface area contributed by atoms with Gasteiger partial charge in [-0.1, -0.05) is 66.7 Å². The van der Waals surface area contributed by atoms with Crippen molar-refractivity contribution in [3.8, 4) is 0 Å². The number of aryl methyl sites for hydroxylation is 2. The summed E-state index contributed by atoms with van der Waals surface area (Å²) < 4.78 is 1.18. The topological polar surface area (TPSA) is 23.6 Å². The standard InChI is InChI=1S/C28H26N2OS/c31-28(25-19-32-26-12-6-5-11-24(25)26)30-17-15-29(16-18-30)27-22-9-3-1-7-20(22)13-14-21-8-2-4-10-23(21)27/h1-12,19,27H,13-18H2. The fraction of sp³-hybridized carbons (Fsp3) is 0.250. The third-order valence-corrected chi connectivity index (χ3v) is 8.00. The number of hydrogen-bond acceptors (Lipinski definition) is 3. The van der Waals surface area contributed by atoms with Crippen LogP contribution in [0.4, 0.5) is 0 Å². The highest BCUT2D eigenvalue weighted by Crippen LogP contribution is 2.37. The van der Waals surface area contributed by atoms with E-state index in [0.29, 0.717) is 0 Å². The van der Waals surface area contributed by atoms with Crippen molar-refractivity contribution < 1.29 is 4.79 Å². The lowest BCUT2D eigenvalue weighted by atomic mass is 9.92. The van der Waals surface area contributed by atoms with Crippen LogP contribution in [-0.4, -0.2) is 41.9 Å². The Morgan fingerprint density at radius 2 is 1.34 bits per heavy atom. The van der Waals surface area contributed by atoms with Gasteiger partial charge >= 0.3 is 0 Å². The van der Waals surface area contributed by atoms with Gasteiger partial charge in [0.05, 0.1) is 11.6 Å². The van der Waals surface area contributed by atoms with E-state index >= 15 is 0 Å². The lowest BCUT2D eigenvalue weighted by Crippen LogP contribution is -2.50. The summed E-state index contributed by atoms with van der Waals surface area (Å²) in [4.78, 5) is 17.9. The van der Waals surface area contributed by atoms with Crippen LogP contribution < -0.4 is 0 Å². The molecule has 0 saturated carbocycles. The fourth-order valence-electron chi connectivity index (χ4n) is 5.38. The van der Waals surface area contributed by atoms with Crippen LogP contribution >= 0.6 is 11.3 Å². The summed E-state index contributed by atoms with van der Waals surface area (Å²) in [6.07, 6.45) is 2.18. The molecule has 1 amide bonds. The van der Waals surface area contributed by atoms with Crippen molar-refractivity contribution in [1.29, 1.82) is 0 Å². The quantitative estimate of drug-likeness (QED) is 0.410. The molecule has 32 heavy (non-hydrogen) atoms. The van der Waals surface area contributed by atoms with E-state index in [2.05, 4.69) is 65.6 Å². The third-order valence-electron chi connectivity index (χ3n) is 7.04. The fourth-order valence-corrected chi connectivity index (χ4v) is 6.32. The molecule has 6 rings (SSSR count). The molecule has 160 valence electrons. The molecule has 1 aliphatic heterocycles. The van der Waals surface area contributed by atoms with Crippen molar-refractivity contribution in [2.24, 2.45) is 0 Å². The predicted molar refractivity (Wildman–Crippen MR) is 131 cm³/mol. The van der Waals surface area contributed by atoms with E-state index in [0.717, 1.165) is 50.0 Å². The first-order chi connectivity index (χ1) is 15.8. The van der Waals surface area contributed by atoms with Crippen LogP contribution in [0.25, 0.3) is 10.1 Å². The third kappa shape index (κ3) is 3.35. The van der Waals surface area contributed by atoms with E-state index < -0.39 is 0 Å². The maximum Gasteiger partial charge on any atom is 0.255 e. The molecular formula is C28H26N2OS. The Morgan fingerprint density at radius 3 is 2.03 bits per heavy atom. The summed E-state index contributed by atoms with van der Waals surface area (Å²) in [7, 11) is 0. The van der Waals surface area contributed by atoms with Gasteiger partial charge in [-0.2, -0.15) is 0 Å². The molecule has 4 heteroatoms. The largest absolute Gasteiger partial charge is 0.336 e. The van der Waals surface area contributed by atoms with Gasteiger partial charge in [0.1, 0.15) is 0 Å². The van der Waals surface area contributed by atoms with Crippen LogP contribution in [0.2, 0.25) is 0 Å². The number of thiophene rings is 1. The van der Waals surface area contributed by atoms with Crippen molar-refractivity contribution in [1.82, 2.24) is 9.80 Å². The molecule has 0 spiro atoms. The number of fused-ring (bicyclic) bond motifs is 3. The van der Waals surface area contributed by atoms with Gasteiger partial charge in [-0.3, -0.25) is 9.69 Å². The minimum Gasteiger partial charge on any atom is -0.336 e. The molecule has 0 atom stereocenters. The maximum absolute atomic E-state index is 13.3. The first-order valence-corrected chi connectivity index (χ1v) is 12.3. The molecule has 1 aliphatic carbocycles. The first-order valence-electron chi connectivity index (χ1n) is 11.4. The summed E-state index contributed by atoms with van der Waals surface area (Å²) in [6.45, 7) is 3.32. The molecule has 1 saturated heterocycles. The van der Waals surface area contributed by atoms with Crippen LogP contribution in [0.1, 0.15) is 38.7 Å². The average molecular weight is 439 g/mol. The Balaban J connectivity index is 1.27. The Bertz CT molecular complexity index is 1240. The number of hydrogen-bond donors (Lipinski definition) is 0. The van der Waals surface area contributed by atoms with Crippen LogP contribution in [0.5, 0.6) is 0 Å². The molecule has 0 unspecified atom stereocenters. The van der Waals surface area contributed by atoms with E-state index in [1.54, 1.807) is 11.3 Å². The Morgan fingerprint density at radius 1 is 0.750 bits per heavy atom. The smallest absolute Gasteiger partial charge is 0.255 e. The van der Waals surface area contributed by atoms with Crippen molar-refractivity contribution in [2.75, 3.05) is 26.2 Å². The van der Waals surface area contributed by atoms with Gasteiger partial charge in [0.2, 0.25) is 0 Å². The summed E-state index contributed by atoms with van der Waals surface area (Å²) in [5, 5.41) is 3.11. The Labute approximate surface area is 192 Å². The van der Waals surface area contributed by atoms with Crippen molar-refractivity contribution in [2.45, 2.75) is 18.9 Å². The minimum atomic E-state index is 0.170. The summed E-state index contributed by atoms with van der Waals surface area (Å²) in [5.74, 6) is 0.170. The monoisotopic (exact) mass is 438 g/mol. The highest BCUT2D eigenvalue weighted by atomic mass is 32.1. The van der Waals surface area contributed by atoms with Gasteiger partial charge in [0.25, 0.3) is 5.91 Å². The van der Waals surface area contributed by atoms with Gasteiger partial charge in [0, 0.05) is 41.6 Å². The van der Waals surface area contributed by atoms with Crippen molar-refractivity contribution >= 4 is 27.3 Å². The molecule has 1 fully saturated rings. The van der Waals surface area contributed by atoms with Crippen molar-refractivity contribution in [3.05, 3.63) is 106 Å². The normalized spacial score (nSPS) is 17.1. The maximum atomic E-state index is 13.3. The molecule has 2 heterocycles. The molecule has 4 aromatic rings. The number of carbonyl (C=O) groups excluding carboxylic acids is 1. The lowest BCUT2D eigenvalue weighted by Gasteiger charge is -2.40. The average Bonchev–Trinajstić information content (AvgIpc) is 3.21. The molecule has 0 bridgehead atoms. The first kappa shape index (κ1) is 19.7. The molecule has 1 aromatic heterocycles. The SMILES string of the molecule is O=C(c1csc2ccccc12)N1CCN(C2c3ccccc3CCc3ccccc32)CC1. The van der Waals surface area contributed by atoms with Gasteiger partial charge < -0.3 is 4.90 Å². The van der Waals surface area contributed by atoms with Crippen LogP contribution in [0.3, 0.4) is 0 Å². The molecule has 2 aliphatic rings. The molecule has 0 N–H and O–H groups in total. The van der Waals surface area contributed by atoms with Crippen LogP contribution in [0, 0.1) is 0 Å². The second-order valence-corrected chi connectivity index (χ2v) is 9.69. The number of benzene rings is 3. The number of amides is 1. The number of nitrogens with zero attached hydrogens (tertiary/aromatic N) is 2. The minimum absolute atomic E-state index is 0.170. The number of piperazine rings is 1. The van der Waals surface area contributed by atoms with E-state index in [1.807, 2.05) is 22.4 Å². The van der Waals surface area contributed by atoms with Gasteiger partial charge in [-0.05, 0) is 41.2 Å². The number of rotatable bonds is 2. The highest BCUT2D eigenvalue weighted by Gasteiger charge is 2.32. The summed E-state index contributed by atoms with van der Waals surface area (Å²) in [5.41, 5.74) is 6.63. The zero-order chi connectivity index (χ0) is 21.5. The number of carbonyl (C=O) groups is 1. The zero-order valence-electron chi connectivity index (χ0n) is 18.0. The van der Waals surface area contributed by atoms with Gasteiger partial charge in [-0.25, -0.2) is 0 Å². The molecular weight excluding hydrogens is 412 g/mol. The Kier molecular flexibility index (Phi) is 5.05. The molecule has 0 radical (unpaired) electrons. The van der Waals surface area contributed by atoms with Gasteiger partial charge in [-0.15, -0.1) is 11.3 Å². The molecule has 3 nitrogen and oxygen atoms in total. The van der Waals surface area contributed by atoms with E-state index in [4.69, 9.17) is 0 Å². The van der Waals surface area contributed by atoms with Crippen LogP contribution in [-0.2, 0) is 12.8 Å². The lowest BCUT2D eigenvalue weighted by molar-refractivity contribution is 0.0599.